The van der Waals surface area contributed by atoms with Gasteiger partial charge in [0.25, 0.3) is 0 Å². The number of imidazole rings is 1. The van der Waals surface area contributed by atoms with Crippen LogP contribution in [0, 0.1) is 6.92 Å². The molecule has 1 aromatic heterocycles. The molecule has 2 N–H and O–H groups in total. The molecule has 1 heterocycles. The zero-order chi connectivity index (χ0) is 15.6. The van der Waals surface area contributed by atoms with E-state index in [2.05, 4.69) is 9.72 Å². The molecule has 21 heavy (non-hydrogen) atoms. The fraction of sp³-hybridized carbons (Fsp3) is 0.357. The van der Waals surface area contributed by atoms with Crippen molar-refractivity contribution < 1.29 is 18.3 Å². The SMILES string of the molecule is CCOc1cc(-c2nc(C)n(C)c2N)ccc1OC(F)F. The molecule has 0 atom stereocenters. The number of hydrogen-bond donors (Lipinski definition) is 1. The van der Waals surface area contributed by atoms with Crippen LogP contribution in [0.15, 0.2) is 18.2 Å². The number of benzene rings is 1. The molecule has 0 amide bonds. The first kappa shape index (κ1) is 15.1. The molecule has 0 spiro atoms. The smallest absolute Gasteiger partial charge is 0.387 e. The fourth-order valence-corrected chi connectivity index (χ4v) is 1.96. The Morgan fingerprint density at radius 3 is 2.57 bits per heavy atom. The summed E-state index contributed by atoms with van der Waals surface area (Å²) in [6, 6.07) is 4.65. The number of nitrogens with zero attached hydrogens (tertiary/aromatic N) is 2. The molecular formula is C14H17F2N3O2. The van der Waals surface area contributed by atoms with E-state index in [-0.39, 0.29) is 11.5 Å². The summed E-state index contributed by atoms with van der Waals surface area (Å²) in [5.41, 5.74) is 7.25. The number of rotatable bonds is 5. The van der Waals surface area contributed by atoms with Crippen LogP contribution < -0.4 is 15.2 Å². The normalized spacial score (nSPS) is 11.0. The number of nitrogens with two attached hydrogens (primary N) is 1. The zero-order valence-electron chi connectivity index (χ0n) is 12.1. The monoisotopic (exact) mass is 297 g/mol. The molecule has 7 heteroatoms. The van der Waals surface area contributed by atoms with Crippen LogP contribution in [-0.2, 0) is 7.05 Å². The van der Waals surface area contributed by atoms with Gasteiger partial charge in [0.05, 0.1) is 6.61 Å². The van der Waals surface area contributed by atoms with Gasteiger partial charge in [-0.3, -0.25) is 0 Å². The van der Waals surface area contributed by atoms with Gasteiger partial charge in [0, 0.05) is 12.6 Å². The third-order valence-electron chi connectivity index (χ3n) is 3.10. The van der Waals surface area contributed by atoms with Crippen molar-refractivity contribution in [3.8, 4) is 22.8 Å². The molecule has 0 saturated carbocycles. The lowest BCUT2D eigenvalue weighted by Crippen LogP contribution is -2.04. The molecular weight excluding hydrogens is 280 g/mol. The second kappa shape index (κ2) is 5.99. The van der Waals surface area contributed by atoms with Gasteiger partial charge in [0.1, 0.15) is 17.3 Å². The van der Waals surface area contributed by atoms with Crippen LogP contribution in [0.1, 0.15) is 12.7 Å². The van der Waals surface area contributed by atoms with Crippen molar-refractivity contribution in [3.63, 3.8) is 0 Å². The molecule has 0 saturated heterocycles. The highest BCUT2D eigenvalue weighted by molar-refractivity contribution is 5.73. The van der Waals surface area contributed by atoms with Gasteiger partial charge in [-0.1, -0.05) is 0 Å². The van der Waals surface area contributed by atoms with E-state index in [4.69, 9.17) is 10.5 Å². The quantitative estimate of drug-likeness (QED) is 0.921. The maximum atomic E-state index is 12.4. The summed E-state index contributed by atoms with van der Waals surface area (Å²) in [5, 5.41) is 0. The molecule has 0 bridgehead atoms. The van der Waals surface area contributed by atoms with E-state index in [0.29, 0.717) is 23.7 Å². The summed E-state index contributed by atoms with van der Waals surface area (Å²) < 4.78 is 36.3. The van der Waals surface area contributed by atoms with E-state index < -0.39 is 6.61 Å². The van der Waals surface area contributed by atoms with Gasteiger partial charge < -0.3 is 19.8 Å². The molecule has 114 valence electrons. The molecule has 0 fully saturated rings. The molecule has 1 aromatic carbocycles. The summed E-state index contributed by atoms with van der Waals surface area (Å²) in [6.45, 7) is 1.02. The molecule has 0 unspecified atom stereocenters. The van der Waals surface area contributed by atoms with Crippen LogP contribution in [0.25, 0.3) is 11.3 Å². The Hall–Kier alpha value is -2.31. The Balaban J connectivity index is 2.45. The zero-order valence-corrected chi connectivity index (χ0v) is 12.1. The lowest BCUT2D eigenvalue weighted by molar-refractivity contribution is -0.0514. The Morgan fingerprint density at radius 1 is 1.33 bits per heavy atom. The Labute approximate surface area is 121 Å². The number of alkyl halides is 2. The lowest BCUT2D eigenvalue weighted by atomic mass is 10.1. The minimum absolute atomic E-state index is 0.0122. The average Bonchev–Trinajstić information content (AvgIpc) is 2.68. The van der Waals surface area contributed by atoms with E-state index in [1.807, 2.05) is 6.92 Å². The third-order valence-corrected chi connectivity index (χ3v) is 3.10. The van der Waals surface area contributed by atoms with Crippen molar-refractivity contribution in [1.82, 2.24) is 9.55 Å². The van der Waals surface area contributed by atoms with Gasteiger partial charge in [0.2, 0.25) is 0 Å². The number of hydrogen-bond acceptors (Lipinski definition) is 4. The molecule has 0 aliphatic heterocycles. The van der Waals surface area contributed by atoms with Gasteiger partial charge in [0.15, 0.2) is 11.5 Å². The molecule has 0 radical (unpaired) electrons. The van der Waals surface area contributed by atoms with Crippen LogP contribution in [0.4, 0.5) is 14.6 Å². The average molecular weight is 297 g/mol. The summed E-state index contributed by atoms with van der Waals surface area (Å²) in [5.74, 6) is 1.48. The minimum atomic E-state index is -2.91. The highest BCUT2D eigenvalue weighted by Crippen LogP contribution is 2.35. The van der Waals surface area contributed by atoms with Gasteiger partial charge >= 0.3 is 6.61 Å². The van der Waals surface area contributed by atoms with E-state index in [9.17, 15) is 8.78 Å². The standard InChI is InChI=1S/C14H17F2N3O2/c1-4-20-11-7-9(5-6-10(11)21-14(15)16)12-13(17)19(3)8(2)18-12/h5-7,14H,4,17H2,1-3H3. The Bertz CT molecular complexity index is 641. The summed E-state index contributed by atoms with van der Waals surface area (Å²) >= 11 is 0. The van der Waals surface area contributed by atoms with Gasteiger partial charge in [-0.05, 0) is 32.0 Å². The van der Waals surface area contributed by atoms with Crippen molar-refractivity contribution >= 4 is 5.82 Å². The van der Waals surface area contributed by atoms with Crippen molar-refractivity contribution in [2.24, 2.45) is 7.05 Å². The number of halogens is 2. The highest BCUT2D eigenvalue weighted by Gasteiger charge is 2.16. The lowest BCUT2D eigenvalue weighted by Gasteiger charge is -2.12. The summed E-state index contributed by atoms with van der Waals surface area (Å²) in [7, 11) is 1.80. The van der Waals surface area contributed by atoms with Crippen molar-refractivity contribution in [2.45, 2.75) is 20.5 Å². The maximum Gasteiger partial charge on any atom is 0.387 e. The van der Waals surface area contributed by atoms with Crippen LogP contribution in [-0.4, -0.2) is 22.8 Å². The number of nitrogen functional groups attached to an aromatic ring is 1. The summed E-state index contributed by atoms with van der Waals surface area (Å²) in [4.78, 5) is 4.37. The van der Waals surface area contributed by atoms with Gasteiger partial charge in [-0.25, -0.2) is 4.98 Å². The topological polar surface area (TPSA) is 62.3 Å². The second-order valence-corrected chi connectivity index (χ2v) is 4.42. The largest absolute Gasteiger partial charge is 0.490 e. The van der Waals surface area contributed by atoms with Gasteiger partial charge in [-0.15, -0.1) is 0 Å². The van der Waals surface area contributed by atoms with E-state index >= 15 is 0 Å². The molecule has 0 aliphatic carbocycles. The Morgan fingerprint density at radius 2 is 2.05 bits per heavy atom. The minimum Gasteiger partial charge on any atom is -0.490 e. The fourth-order valence-electron chi connectivity index (χ4n) is 1.96. The molecule has 2 aromatic rings. The number of anilines is 1. The first-order valence-electron chi connectivity index (χ1n) is 6.44. The van der Waals surface area contributed by atoms with Gasteiger partial charge in [-0.2, -0.15) is 8.78 Å². The molecule has 5 nitrogen and oxygen atoms in total. The predicted molar refractivity (Wildman–Crippen MR) is 75.6 cm³/mol. The summed E-state index contributed by atoms with van der Waals surface area (Å²) in [6.07, 6.45) is 0. The first-order valence-corrected chi connectivity index (χ1v) is 6.44. The highest BCUT2D eigenvalue weighted by atomic mass is 19.3. The number of aromatic nitrogens is 2. The number of ether oxygens (including phenoxy) is 2. The predicted octanol–water partition coefficient (Wildman–Crippen LogP) is 2.98. The maximum absolute atomic E-state index is 12.4. The third kappa shape index (κ3) is 3.07. The van der Waals surface area contributed by atoms with Crippen LogP contribution in [0.2, 0.25) is 0 Å². The van der Waals surface area contributed by atoms with Crippen LogP contribution in [0.3, 0.4) is 0 Å². The van der Waals surface area contributed by atoms with Crippen LogP contribution in [0.5, 0.6) is 11.5 Å². The van der Waals surface area contributed by atoms with Crippen LogP contribution >= 0.6 is 0 Å². The molecule has 0 aliphatic rings. The van der Waals surface area contributed by atoms with E-state index in [1.54, 1.807) is 30.7 Å². The second-order valence-electron chi connectivity index (χ2n) is 4.42. The van der Waals surface area contributed by atoms with E-state index in [1.165, 1.54) is 6.07 Å². The van der Waals surface area contributed by atoms with E-state index in [0.717, 1.165) is 5.82 Å². The molecule has 2 rings (SSSR count). The van der Waals surface area contributed by atoms with Crippen molar-refractivity contribution in [1.29, 1.82) is 0 Å². The Kier molecular flexibility index (Phi) is 4.30. The van der Waals surface area contributed by atoms with Crippen molar-refractivity contribution in [3.05, 3.63) is 24.0 Å². The first-order chi connectivity index (χ1) is 9.93. The number of aryl methyl sites for hydroxylation is 1. The van der Waals surface area contributed by atoms with Crippen molar-refractivity contribution in [2.75, 3.05) is 12.3 Å².